The van der Waals surface area contributed by atoms with E-state index in [2.05, 4.69) is 10.6 Å². The van der Waals surface area contributed by atoms with Crippen LogP contribution in [-0.2, 0) is 16.1 Å². The van der Waals surface area contributed by atoms with Gasteiger partial charge in [-0.25, -0.2) is 0 Å². The molecular formula is C18H21N3O2. The van der Waals surface area contributed by atoms with Gasteiger partial charge < -0.3 is 10.6 Å². The van der Waals surface area contributed by atoms with E-state index in [9.17, 15) is 9.59 Å². The zero-order valence-corrected chi connectivity index (χ0v) is 13.0. The summed E-state index contributed by atoms with van der Waals surface area (Å²) in [6.45, 7) is 0.371. The fourth-order valence-corrected chi connectivity index (χ4v) is 2.60. The molecule has 0 radical (unpaired) electrons. The summed E-state index contributed by atoms with van der Waals surface area (Å²) >= 11 is 0. The number of nitrogens with one attached hydrogen (secondary N) is 2. The maximum Gasteiger partial charge on any atom is 0.248 e. The first-order chi connectivity index (χ1) is 11.2. The van der Waals surface area contributed by atoms with Crippen molar-refractivity contribution < 1.29 is 9.59 Å². The standard InChI is InChI=1S/C18H21N3O2/c19-12-11-17(22)20-13-15-5-8-16(9-6-15)21-18(23)10-7-14-3-1-2-4-14/h5-10,14H,1-4,11,13H2,(H,20,22)(H,21,23)/b10-7+. The quantitative estimate of drug-likeness (QED) is 0.792. The Bertz CT molecular complexity index is 608. The molecule has 0 unspecified atom stereocenters. The number of anilines is 1. The van der Waals surface area contributed by atoms with Crippen molar-refractivity contribution in [3.05, 3.63) is 42.0 Å². The highest BCUT2D eigenvalue weighted by Gasteiger charge is 2.11. The molecule has 23 heavy (non-hydrogen) atoms. The second-order valence-corrected chi connectivity index (χ2v) is 5.70. The van der Waals surface area contributed by atoms with Crippen molar-refractivity contribution in [1.29, 1.82) is 5.26 Å². The summed E-state index contributed by atoms with van der Waals surface area (Å²) in [6, 6.07) is 9.07. The first-order valence-electron chi connectivity index (χ1n) is 7.89. The molecule has 1 aliphatic rings. The van der Waals surface area contributed by atoms with E-state index in [4.69, 9.17) is 5.26 Å². The van der Waals surface area contributed by atoms with Gasteiger partial charge in [-0.15, -0.1) is 0 Å². The van der Waals surface area contributed by atoms with Crippen LogP contribution in [-0.4, -0.2) is 11.8 Å². The van der Waals surface area contributed by atoms with Gasteiger partial charge in [0.25, 0.3) is 0 Å². The highest BCUT2D eigenvalue weighted by Crippen LogP contribution is 2.25. The van der Waals surface area contributed by atoms with Gasteiger partial charge in [-0.3, -0.25) is 9.59 Å². The van der Waals surface area contributed by atoms with E-state index in [1.54, 1.807) is 24.3 Å². The number of allylic oxidation sites excluding steroid dienone is 1. The van der Waals surface area contributed by atoms with Gasteiger partial charge in [-0.1, -0.05) is 31.1 Å². The van der Waals surface area contributed by atoms with Crippen LogP contribution in [0.4, 0.5) is 5.69 Å². The van der Waals surface area contributed by atoms with Crippen LogP contribution in [0.25, 0.3) is 0 Å². The van der Waals surface area contributed by atoms with Gasteiger partial charge in [0, 0.05) is 12.2 Å². The number of nitrogens with zero attached hydrogens (tertiary/aromatic N) is 1. The molecule has 2 amide bonds. The van der Waals surface area contributed by atoms with Gasteiger partial charge in [0.1, 0.15) is 6.42 Å². The summed E-state index contributed by atoms with van der Waals surface area (Å²) in [5.74, 6) is 0.133. The summed E-state index contributed by atoms with van der Waals surface area (Å²) in [6.07, 6.45) is 8.34. The topological polar surface area (TPSA) is 82.0 Å². The van der Waals surface area contributed by atoms with E-state index >= 15 is 0 Å². The molecule has 0 aliphatic heterocycles. The average Bonchev–Trinajstić information content (AvgIpc) is 3.06. The van der Waals surface area contributed by atoms with Crippen LogP contribution in [0.1, 0.15) is 37.7 Å². The Morgan fingerprint density at radius 2 is 1.91 bits per heavy atom. The van der Waals surface area contributed by atoms with Crippen molar-refractivity contribution in [1.82, 2.24) is 5.32 Å². The Hall–Kier alpha value is -2.61. The Labute approximate surface area is 136 Å². The lowest BCUT2D eigenvalue weighted by Gasteiger charge is -2.06. The van der Waals surface area contributed by atoms with Crippen molar-refractivity contribution in [3.8, 4) is 6.07 Å². The molecule has 1 aliphatic carbocycles. The van der Waals surface area contributed by atoms with Crippen LogP contribution < -0.4 is 10.6 Å². The third kappa shape index (κ3) is 5.95. The molecule has 5 nitrogen and oxygen atoms in total. The smallest absolute Gasteiger partial charge is 0.248 e. The molecular weight excluding hydrogens is 290 g/mol. The Morgan fingerprint density at radius 3 is 2.57 bits per heavy atom. The van der Waals surface area contributed by atoms with Crippen LogP contribution in [0.2, 0.25) is 0 Å². The Kier molecular flexibility index (Phi) is 6.37. The lowest BCUT2D eigenvalue weighted by molar-refractivity contribution is -0.120. The Morgan fingerprint density at radius 1 is 1.22 bits per heavy atom. The lowest BCUT2D eigenvalue weighted by atomic mass is 10.1. The largest absolute Gasteiger partial charge is 0.351 e. The molecule has 1 fully saturated rings. The molecule has 0 bridgehead atoms. The molecule has 2 rings (SSSR count). The molecule has 0 saturated heterocycles. The van der Waals surface area contributed by atoms with E-state index in [1.165, 1.54) is 25.7 Å². The minimum Gasteiger partial charge on any atom is -0.351 e. The van der Waals surface area contributed by atoms with Gasteiger partial charge in [0.05, 0.1) is 6.07 Å². The van der Waals surface area contributed by atoms with Crippen molar-refractivity contribution in [2.75, 3.05) is 5.32 Å². The molecule has 1 aromatic rings. The van der Waals surface area contributed by atoms with E-state index in [-0.39, 0.29) is 18.2 Å². The van der Waals surface area contributed by atoms with E-state index in [0.717, 1.165) is 11.3 Å². The summed E-state index contributed by atoms with van der Waals surface area (Å²) < 4.78 is 0. The third-order valence-corrected chi connectivity index (χ3v) is 3.87. The number of carbonyl (C=O) groups is 2. The normalized spacial score (nSPS) is 14.6. The molecule has 120 valence electrons. The number of hydrogen-bond donors (Lipinski definition) is 2. The van der Waals surface area contributed by atoms with Gasteiger partial charge in [0.2, 0.25) is 11.8 Å². The third-order valence-electron chi connectivity index (χ3n) is 3.87. The number of nitriles is 1. The predicted octanol–water partition coefficient (Wildman–Crippen LogP) is 2.90. The zero-order valence-electron chi connectivity index (χ0n) is 13.0. The van der Waals surface area contributed by atoms with Gasteiger partial charge >= 0.3 is 0 Å². The second kappa shape index (κ2) is 8.74. The summed E-state index contributed by atoms with van der Waals surface area (Å²) in [7, 11) is 0. The fraction of sp³-hybridized carbons (Fsp3) is 0.389. The van der Waals surface area contributed by atoms with Crippen molar-refractivity contribution >= 4 is 17.5 Å². The zero-order chi connectivity index (χ0) is 16.5. The van der Waals surface area contributed by atoms with Crippen LogP contribution in [0.15, 0.2) is 36.4 Å². The molecule has 2 N–H and O–H groups in total. The van der Waals surface area contributed by atoms with Crippen molar-refractivity contribution in [2.24, 2.45) is 5.92 Å². The molecule has 0 atom stereocenters. The average molecular weight is 311 g/mol. The highest BCUT2D eigenvalue weighted by molar-refractivity contribution is 5.99. The SMILES string of the molecule is N#CCC(=O)NCc1ccc(NC(=O)/C=C/C2CCCC2)cc1. The number of hydrogen-bond acceptors (Lipinski definition) is 3. The highest BCUT2D eigenvalue weighted by atomic mass is 16.2. The van der Waals surface area contributed by atoms with Gasteiger partial charge in [0.15, 0.2) is 0 Å². The van der Waals surface area contributed by atoms with Crippen molar-refractivity contribution in [2.45, 2.75) is 38.6 Å². The predicted molar refractivity (Wildman–Crippen MR) is 88.2 cm³/mol. The van der Waals surface area contributed by atoms with Crippen LogP contribution in [0.3, 0.4) is 0 Å². The monoisotopic (exact) mass is 311 g/mol. The summed E-state index contributed by atoms with van der Waals surface area (Å²) in [5.41, 5.74) is 1.63. The number of rotatable bonds is 6. The first-order valence-corrected chi connectivity index (χ1v) is 7.89. The van der Waals surface area contributed by atoms with E-state index in [1.807, 2.05) is 18.2 Å². The molecule has 1 saturated carbocycles. The van der Waals surface area contributed by atoms with E-state index in [0.29, 0.717) is 12.5 Å². The Balaban J connectivity index is 1.78. The molecule has 0 spiro atoms. The number of amides is 2. The molecule has 0 aromatic heterocycles. The maximum atomic E-state index is 11.9. The molecule has 0 heterocycles. The van der Waals surface area contributed by atoms with Gasteiger partial charge in [-0.05, 0) is 42.5 Å². The van der Waals surface area contributed by atoms with Crippen LogP contribution >= 0.6 is 0 Å². The number of carbonyl (C=O) groups excluding carboxylic acids is 2. The first kappa shape index (κ1) is 16.8. The van der Waals surface area contributed by atoms with Crippen LogP contribution in [0, 0.1) is 17.2 Å². The summed E-state index contributed by atoms with van der Waals surface area (Å²) in [4.78, 5) is 23.1. The summed E-state index contributed by atoms with van der Waals surface area (Å²) in [5, 5.41) is 13.9. The molecule has 5 heteroatoms. The minimum atomic E-state index is -0.290. The maximum absolute atomic E-state index is 11.9. The lowest BCUT2D eigenvalue weighted by Crippen LogP contribution is -2.21. The van der Waals surface area contributed by atoms with Crippen LogP contribution in [0.5, 0.6) is 0 Å². The molecule has 1 aromatic carbocycles. The van der Waals surface area contributed by atoms with Gasteiger partial charge in [-0.2, -0.15) is 5.26 Å². The number of benzene rings is 1. The fourth-order valence-electron chi connectivity index (χ4n) is 2.60. The van der Waals surface area contributed by atoms with Crippen molar-refractivity contribution in [3.63, 3.8) is 0 Å². The minimum absolute atomic E-state index is 0.119. The second-order valence-electron chi connectivity index (χ2n) is 5.70. The van der Waals surface area contributed by atoms with E-state index < -0.39 is 0 Å².